The number of hydrogen-bond donors (Lipinski definition) is 0. The Morgan fingerprint density at radius 2 is 1.73 bits per heavy atom. The lowest BCUT2D eigenvalue weighted by atomic mass is 9.86. The van der Waals surface area contributed by atoms with E-state index in [1.54, 1.807) is 0 Å². The van der Waals surface area contributed by atoms with Gasteiger partial charge in [0, 0.05) is 10.5 Å². The monoisotopic (exact) mass is 463 g/mol. The van der Waals surface area contributed by atoms with Gasteiger partial charge in [-0.2, -0.15) is 0 Å². The van der Waals surface area contributed by atoms with Gasteiger partial charge in [0.1, 0.15) is 6.61 Å². The first-order valence-electron chi connectivity index (χ1n) is 10.4. The van der Waals surface area contributed by atoms with Gasteiger partial charge >= 0.3 is 6.09 Å². The molecule has 0 bridgehead atoms. The van der Waals surface area contributed by atoms with E-state index in [4.69, 9.17) is 4.74 Å². The molecule has 3 aromatic carbocycles. The summed E-state index contributed by atoms with van der Waals surface area (Å²) in [5.41, 5.74) is 4.78. The average molecular weight is 464 g/mol. The molecule has 4 heteroatoms. The molecule has 0 saturated carbocycles. The fourth-order valence-electron chi connectivity index (χ4n) is 4.27. The van der Waals surface area contributed by atoms with Crippen molar-refractivity contribution >= 4 is 22.0 Å². The first-order valence-corrected chi connectivity index (χ1v) is 11.2. The summed E-state index contributed by atoms with van der Waals surface area (Å²) in [4.78, 5) is 15.3. The van der Waals surface area contributed by atoms with Crippen LogP contribution >= 0.6 is 15.9 Å². The van der Waals surface area contributed by atoms with Crippen LogP contribution in [0.15, 0.2) is 83.3 Å². The van der Waals surface area contributed by atoms with Gasteiger partial charge in [-0.25, -0.2) is 4.79 Å². The molecule has 0 aliphatic heterocycles. The minimum atomic E-state index is -0.254. The van der Waals surface area contributed by atoms with Crippen LogP contribution in [0, 0.1) is 0 Å². The lowest BCUT2D eigenvalue weighted by Crippen LogP contribution is -2.45. The van der Waals surface area contributed by atoms with Gasteiger partial charge in [0.15, 0.2) is 0 Å². The maximum absolute atomic E-state index is 13.3. The molecule has 154 valence electrons. The van der Waals surface area contributed by atoms with Gasteiger partial charge in [0.25, 0.3) is 0 Å². The second kappa shape index (κ2) is 9.48. The second-order valence-electron chi connectivity index (χ2n) is 7.81. The SMILES string of the molecule is C[C@@H](c1ccccc1)N(C(=O)OCc1ccccc1)[C@@H]1CCc2cccc(Br)c2C1. The molecule has 0 unspecified atom stereocenters. The van der Waals surface area contributed by atoms with Gasteiger partial charge in [-0.15, -0.1) is 0 Å². The van der Waals surface area contributed by atoms with E-state index in [1.165, 1.54) is 11.1 Å². The third-order valence-corrected chi connectivity index (χ3v) is 6.65. The molecule has 0 spiro atoms. The number of fused-ring (bicyclic) bond motifs is 1. The zero-order valence-corrected chi connectivity index (χ0v) is 18.7. The number of hydrogen-bond acceptors (Lipinski definition) is 2. The van der Waals surface area contributed by atoms with Crippen molar-refractivity contribution in [1.29, 1.82) is 0 Å². The topological polar surface area (TPSA) is 29.5 Å². The molecule has 3 nitrogen and oxygen atoms in total. The molecule has 1 aliphatic rings. The highest BCUT2D eigenvalue weighted by atomic mass is 79.9. The first-order chi connectivity index (χ1) is 14.6. The number of nitrogens with zero attached hydrogens (tertiary/aromatic N) is 1. The van der Waals surface area contributed by atoms with Gasteiger partial charge < -0.3 is 4.74 Å². The number of halogens is 1. The van der Waals surface area contributed by atoms with Crippen LogP contribution in [0.4, 0.5) is 4.79 Å². The Bertz CT molecular complexity index is 990. The maximum atomic E-state index is 13.3. The van der Waals surface area contributed by atoms with Gasteiger partial charge in [-0.3, -0.25) is 4.90 Å². The third-order valence-electron chi connectivity index (χ3n) is 5.91. The molecular weight excluding hydrogens is 438 g/mol. The highest BCUT2D eigenvalue weighted by molar-refractivity contribution is 9.10. The Hall–Kier alpha value is -2.59. The zero-order valence-electron chi connectivity index (χ0n) is 17.1. The Morgan fingerprint density at radius 1 is 1.03 bits per heavy atom. The molecule has 0 aromatic heterocycles. The molecule has 1 aliphatic carbocycles. The summed E-state index contributed by atoms with van der Waals surface area (Å²) in [6.45, 7) is 2.37. The molecule has 30 heavy (non-hydrogen) atoms. The summed E-state index contributed by atoms with van der Waals surface area (Å²) in [7, 11) is 0. The van der Waals surface area contributed by atoms with Gasteiger partial charge in [-0.05, 0) is 54.5 Å². The van der Waals surface area contributed by atoms with Crippen LogP contribution in [0.1, 0.15) is 41.6 Å². The van der Waals surface area contributed by atoms with Crippen LogP contribution in [-0.4, -0.2) is 17.0 Å². The molecule has 1 amide bonds. The Kier molecular flexibility index (Phi) is 6.53. The lowest BCUT2D eigenvalue weighted by Gasteiger charge is -2.39. The predicted molar refractivity (Wildman–Crippen MR) is 123 cm³/mol. The average Bonchev–Trinajstić information content (AvgIpc) is 2.79. The molecule has 0 fully saturated rings. The maximum Gasteiger partial charge on any atom is 0.410 e. The fraction of sp³-hybridized carbons (Fsp3) is 0.269. The van der Waals surface area contributed by atoms with Crippen molar-refractivity contribution in [1.82, 2.24) is 4.90 Å². The summed E-state index contributed by atoms with van der Waals surface area (Å²) < 4.78 is 6.90. The number of rotatable bonds is 5. The van der Waals surface area contributed by atoms with E-state index in [0.717, 1.165) is 34.9 Å². The minimum absolute atomic E-state index is 0.0662. The lowest BCUT2D eigenvalue weighted by molar-refractivity contribution is 0.0600. The third kappa shape index (κ3) is 4.59. The molecular formula is C26H26BrNO2. The van der Waals surface area contributed by atoms with Crippen molar-refractivity contribution in [2.45, 2.75) is 44.9 Å². The van der Waals surface area contributed by atoms with E-state index in [0.29, 0.717) is 0 Å². The van der Waals surface area contributed by atoms with E-state index < -0.39 is 0 Å². The van der Waals surface area contributed by atoms with E-state index in [-0.39, 0.29) is 24.8 Å². The molecule has 0 heterocycles. The molecule has 0 N–H and O–H groups in total. The van der Waals surface area contributed by atoms with Crippen LogP contribution in [0.2, 0.25) is 0 Å². The fourth-order valence-corrected chi connectivity index (χ4v) is 4.84. The summed E-state index contributed by atoms with van der Waals surface area (Å²) in [6.07, 6.45) is 2.47. The van der Waals surface area contributed by atoms with E-state index >= 15 is 0 Å². The Morgan fingerprint density at radius 3 is 2.47 bits per heavy atom. The highest BCUT2D eigenvalue weighted by Gasteiger charge is 2.33. The zero-order chi connectivity index (χ0) is 20.9. The number of carbonyl (C=O) groups excluding carboxylic acids is 1. The standard InChI is InChI=1S/C26H26BrNO2/c1-19(21-11-6-3-7-12-21)28(26(29)30-18-20-9-4-2-5-10-20)23-16-15-22-13-8-14-25(27)24(22)17-23/h2-14,19,23H,15-18H2,1H3/t19-,23+/m0/s1. The van der Waals surface area contributed by atoms with Crippen LogP contribution in [0.5, 0.6) is 0 Å². The number of aryl methyl sites for hydroxylation is 1. The van der Waals surface area contributed by atoms with Crippen LogP contribution in [0.25, 0.3) is 0 Å². The van der Waals surface area contributed by atoms with Crippen molar-refractivity contribution in [3.8, 4) is 0 Å². The number of ether oxygens (including phenoxy) is 1. The first kappa shape index (κ1) is 20.7. The molecule has 2 atom stereocenters. The van der Waals surface area contributed by atoms with Crippen molar-refractivity contribution in [3.05, 3.63) is 106 Å². The largest absolute Gasteiger partial charge is 0.445 e. The van der Waals surface area contributed by atoms with Gasteiger partial charge in [0.05, 0.1) is 6.04 Å². The van der Waals surface area contributed by atoms with Crippen LogP contribution in [0.3, 0.4) is 0 Å². The number of benzene rings is 3. The number of carbonyl (C=O) groups is 1. The quantitative estimate of drug-likeness (QED) is 0.420. The van der Waals surface area contributed by atoms with Crippen LogP contribution < -0.4 is 0 Å². The van der Waals surface area contributed by atoms with Gasteiger partial charge in [0.2, 0.25) is 0 Å². The Balaban J connectivity index is 1.59. The minimum Gasteiger partial charge on any atom is -0.445 e. The van der Waals surface area contributed by atoms with Crippen molar-refractivity contribution in [2.24, 2.45) is 0 Å². The smallest absolute Gasteiger partial charge is 0.410 e. The van der Waals surface area contributed by atoms with E-state index in [9.17, 15) is 4.79 Å². The summed E-state index contributed by atoms with van der Waals surface area (Å²) in [5.74, 6) is 0. The van der Waals surface area contributed by atoms with Crippen LogP contribution in [-0.2, 0) is 24.2 Å². The molecule has 4 rings (SSSR count). The summed E-state index contributed by atoms with van der Waals surface area (Å²) in [6, 6.07) is 26.4. The Labute approximate surface area is 186 Å². The van der Waals surface area contributed by atoms with Crippen molar-refractivity contribution < 1.29 is 9.53 Å². The van der Waals surface area contributed by atoms with Crippen molar-refractivity contribution in [3.63, 3.8) is 0 Å². The normalized spacial score (nSPS) is 16.4. The molecule has 0 saturated heterocycles. The second-order valence-corrected chi connectivity index (χ2v) is 8.66. The summed E-state index contributed by atoms with van der Waals surface area (Å²) >= 11 is 3.70. The predicted octanol–water partition coefficient (Wildman–Crippen LogP) is 6.71. The van der Waals surface area contributed by atoms with Gasteiger partial charge in [-0.1, -0.05) is 88.7 Å². The molecule has 0 radical (unpaired) electrons. The van der Waals surface area contributed by atoms with E-state index in [2.05, 4.69) is 53.2 Å². The highest BCUT2D eigenvalue weighted by Crippen LogP contribution is 2.34. The van der Waals surface area contributed by atoms with E-state index in [1.807, 2.05) is 53.4 Å². The van der Waals surface area contributed by atoms with Crippen molar-refractivity contribution in [2.75, 3.05) is 0 Å². The number of amides is 1. The summed E-state index contributed by atoms with van der Waals surface area (Å²) in [5, 5.41) is 0. The molecule has 3 aromatic rings.